The van der Waals surface area contributed by atoms with Crippen molar-refractivity contribution >= 4 is 17.9 Å². The normalized spacial score (nSPS) is 12.3. The number of carbonyl (C=O) groups excluding carboxylic acids is 3. The summed E-state index contributed by atoms with van der Waals surface area (Å²) in [6.07, 6.45) is 85.9. The highest BCUT2D eigenvalue weighted by molar-refractivity contribution is 5.71. The zero-order valence-electron chi connectivity index (χ0n) is 53.2. The lowest BCUT2D eigenvalue weighted by molar-refractivity contribution is -0.167. The molecule has 0 spiro atoms. The third-order valence-electron chi connectivity index (χ3n) is 15.8. The molecule has 0 heterocycles. The molecule has 0 aliphatic heterocycles. The van der Waals surface area contributed by atoms with Crippen LogP contribution in [-0.2, 0) is 28.6 Å². The molecule has 0 bridgehead atoms. The van der Waals surface area contributed by atoms with Gasteiger partial charge in [-0.2, -0.15) is 0 Å². The van der Waals surface area contributed by atoms with E-state index in [1.165, 1.54) is 263 Å². The van der Waals surface area contributed by atoms with E-state index in [-0.39, 0.29) is 31.1 Å². The van der Waals surface area contributed by atoms with E-state index in [9.17, 15) is 14.4 Å². The molecule has 0 rings (SSSR count). The van der Waals surface area contributed by atoms with Crippen LogP contribution in [0, 0.1) is 0 Å². The minimum Gasteiger partial charge on any atom is -0.462 e. The van der Waals surface area contributed by atoms with E-state index in [2.05, 4.69) is 69.4 Å². The van der Waals surface area contributed by atoms with Crippen LogP contribution in [0.3, 0.4) is 0 Å². The van der Waals surface area contributed by atoms with Crippen LogP contribution in [0.25, 0.3) is 0 Å². The quantitative estimate of drug-likeness (QED) is 0.0261. The Morgan fingerprint density at radius 2 is 0.468 bits per heavy atom. The molecule has 0 aromatic rings. The lowest BCUT2D eigenvalue weighted by Crippen LogP contribution is -2.30. The molecular formula is C73H134O6. The zero-order chi connectivity index (χ0) is 57.1. The molecule has 0 aliphatic rings. The van der Waals surface area contributed by atoms with Crippen molar-refractivity contribution in [1.82, 2.24) is 0 Å². The predicted octanol–water partition coefficient (Wildman–Crippen LogP) is 24.1. The minimum absolute atomic E-state index is 0.0754. The summed E-state index contributed by atoms with van der Waals surface area (Å²) in [7, 11) is 0. The van der Waals surface area contributed by atoms with Crippen LogP contribution in [0.2, 0.25) is 0 Å². The number of rotatable bonds is 65. The summed E-state index contributed by atoms with van der Waals surface area (Å²) < 4.78 is 16.9. The summed E-state index contributed by atoms with van der Waals surface area (Å²) in [6.45, 7) is 6.61. The Kier molecular flexibility index (Phi) is 65.6. The fourth-order valence-electron chi connectivity index (χ4n) is 10.5. The van der Waals surface area contributed by atoms with Gasteiger partial charge in [0.1, 0.15) is 13.2 Å². The summed E-state index contributed by atoms with van der Waals surface area (Å²) in [6, 6.07) is 0. The topological polar surface area (TPSA) is 78.9 Å². The average molecular weight is 1110 g/mol. The second kappa shape index (κ2) is 67.9. The van der Waals surface area contributed by atoms with Gasteiger partial charge in [0.15, 0.2) is 6.10 Å². The molecule has 0 N–H and O–H groups in total. The summed E-state index contributed by atoms with van der Waals surface area (Å²) in [5.41, 5.74) is 0. The molecule has 462 valence electrons. The monoisotopic (exact) mass is 1110 g/mol. The van der Waals surface area contributed by atoms with E-state index in [4.69, 9.17) is 14.2 Å². The van der Waals surface area contributed by atoms with Crippen LogP contribution in [0.1, 0.15) is 380 Å². The Labute approximate surface area is 492 Å². The molecule has 0 saturated heterocycles. The zero-order valence-corrected chi connectivity index (χ0v) is 53.2. The molecule has 6 nitrogen and oxygen atoms in total. The smallest absolute Gasteiger partial charge is 0.306 e. The van der Waals surface area contributed by atoms with Crippen molar-refractivity contribution in [2.24, 2.45) is 0 Å². The minimum atomic E-state index is -0.779. The van der Waals surface area contributed by atoms with Crippen molar-refractivity contribution < 1.29 is 28.6 Å². The molecule has 6 heteroatoms. The van der Waals surface area contributed by atoms with Gasteiger partial charge in [-0.15, -0.1) is 0 Å². The van der Waals surface area contributed by atoms with Gasteiger partial charge >= 0.3 is 17.9 Å². The Balaban J connectivity index is 4.08. The molecule has 0 saturated carbocycles. The summed E-state index contributed by atoms with van der Waals surface area (Å²) in [5, 5.41) is 0. The Morgan fingerprint density at radius 3 is 0.772 bits per heavy atom. The van der Waals surface area contributed by atoms with Crippen molar-refractivity contribution in [3.63, 3.8) is 0 Å². The van der Waals surface area contributed by atoms with Crippen LogP contribution < -0.4 is 0 Å². The molecule has 0 amide bonds. The van der Waals surface area contributed by atoms with Crippen LogP contribution >= 0.6 is 0 Å². The van der Waals surface area contributed by atoms with Crippen molar-refractivity contribution in [3.05, 3.63) is 48.6 Å². The van der Waals surface area contributed by atoms with Crippen molar-refractivity contribution in [2.75, 3.05) is 13.2 Å². The van der Waals surface area contributed by atoms with Crippen molar-refractivity contribution in [3.8, 4) is 0 Å². The number of allylic oxidation sites excluding steroid dienone is 8. The van der Waals surface area contributed by atoms with Crippen molar-refractivity contribution in [2.45, 2.75) is 386 Å². The highest BCUT2D eigenvalue weighted by Crippen LogP contribution is 2.18. The van der Waals surface area contributed by atoms with Gasteiger partial charge in [0.2, 0.25) is 0 Å². The molecule has 0 aromatic carbocycles. The van der Waals surface area contributed by atoms with Crippen LogP contribution in [-0.4, -0.2) is 37.2 Å². The number of hydrogen-bond donors (Lipinski definition) is 0. The number of esters is 3. The molecule has 0 aliphatic carbocycles. The van der Waals surface area contributed by atoms with Gasteiger partial charge in [-0.1, -0.05) is 313 Å². The molecule has 0 fully saturated rings. The fourth-order valence-corrected chi connectivity index (χ4v) is 10.5. The number of carbonyl (C=O) groups is 3. The van der Waals surface area contributed by atoms with Crippen LogP contribution in [0.15, 0.2) is 48.6 Å². The van der Waals surface area contributed by atoms with Gasteiger partial charge in [-0.05, 0) is 96.3 Å². The Bertz CT molecular complexity index is 1360. The fraction of sp³-hybridized carbons (Fsp3) is 0.849. The van der Waals surface area contributed by atoms with Crippen molar-refractivity contribution in [1.29, 1.82) is 0 Å². The van der Waals surface area contributed by atoms with Gasteiger partial charge in [0.05, 0.1) is 0 Å². The molecule has 79 heavy (non-hydrogen) atoms. The maximum atomic E-state index is 12.9. The van der Waals surface area contributed by atoms with Crippen LogP contribution in [0.4, 0.5) is 0 Å². The molecule has 0 radical (unpaired) electrons. The predicted molar refractivity (Wildman–Crippen MR) is 344 cm³/mol. The van der Waals surface area contributed by atoms with E-state index in [1.54, 1.807) is 0 Å². The Morgan fingerprint density at radius 1 is 0.253 bits per heavy atom. The SMILES string of the molecule is CCCC/C=C\CCCCCCCC(=O)OCC(COC(=O)CCCCCCCCCCCCCCCCCCCCCCC/C=C\CCCCCCCCCC)OC(=O)CCCCCCCCC/C=C\C/C=C\CCCCC. The summed E-state index contributed by atoms with van der Waals surface area (Å²) in [5.74, 6) is -0.873. The van der Waals surface area contributed by atoms with E-state index in [1.807, 2.05) is 0 Å². The van der Waals surface area contributed by atoms with Gasteiger partial charge in [-0.25, -0.2) is 0 Å². The lowest BCUT2D eigenvalue weighted by Gasteiger charge is -2.18. The van der Waals surface area contributed by atoms with E-state index in [0.717, 1.165) is 77.0 Å². The maximum Gasteiger partial charge on any atom is 0.306 e. The third-order valence-corrected chi connectivity index (χ3v) is 15.8. The van der Waals surface area contributed by atoms with Gasteiger partial charge in [-0.3, -0.25) is 14.4 Å². The maximum absolute atomic E-state index is 12.9. The van der Waals surface area contributed by atoms with E-state index < -0.39 is 6.10 Å². The second-order valence-corrected chi connectivity index (χ2v) is 23.8. The largest absolute Gasteiger partial charge is 0.462 e. The van der Waals surface area contributed by atoms with Gasteiger partial charge < -0.3 is 14.2 Å². The second-order valence-electron chi connectivity index (χ2n) is 23.8. The molecule has 0 aromatic heterocycles. The first-order valence-electron chi connectivity index (χ1n) is 35.1. The average Bonchev–Trinajstić information content (AvgIpc) is 3.45. The Hall–Kier alpha value is -2.63. The third kappa shape index (κ3) is 66.1. The first-order chi connectivity index (χ1) is 39.0. The first-order valence-corrected chi connectivity index (χ1v) is 35.1. The molecule has 1 atom stereocenters. The highest BCUT2D eigenvalue weighted by Gasteiger charge is 2.19. The number of ether oxygens (including phenoxy) is 3. The lowest BCUT2D eigenvalue weighted by atomic mass is 10.0. The van der Waals surface area contributed by atoms with Crippen LogP contribution in [0.5, 0.6) is 0 Å². The van der Waals surface area contributed by atoms with E-state index in [0.29, 0.717) is 19.3 Å². The standard InChI is InChI=1S/C73H134O6/c1-4-7-10-13-16-19-22-24-26-28-29-30-31-32-33-34-35-36-37-38-39-40-41-42-43-45-46-48-51-54-57-60-63-66-72(75)78-69-70(68-77-71(74)65-62-59-56-53-50-21-18-15-12-9-6-3)79-73(76)67-64-61-58-55-52-49-47-44-27-25-23-20-17-14-11-8-5-2/h15,17-18,20,25,27-29,70H,4-14,16,19,21-24,26,30-69H2,1-3H3/b18-15-,20-17-,27-25-,29-28-. The van der Waals surface area contributed by atoms with Gasteiger partial charge in [0, 0.05) is 19.3 Å². The van der Waals surface area contributed by atoms with E-state index >= 15 is 0 Å². The summed E-state index contributed by atoms with van der Waals surface area (Å²) >= 11 is 0. The summed E-state index contributed by atoms with van der Waals surface area (Å²) in [4.78, 5) is 38.3. The molecule has 1 unspecified atom stereocenters. The van der Waals surface area contributed by atoms with Gasteiger partial charge in [0.25, 0.3) is 0 Å². The highest BCUT2D eigenvalue weighted by atomic mass is 16.6. The molecular weight excluding hydrogens is 973 g/mol. The first kappa shape index (κ1) is 76.4. The number of unbranched alkanes of at least 4 members (excludes halogenated alkanes) is 46. The number of hydrogen-bond acceptors (Lipinski definition) is 6.